The van der Waals surface area contributed by atoms with Crippen LogP contribution in [0.15, 0.2) is 0 Å². The Hall–Kier alpha value is 0.210. The summed E-state index contributed by atoms with van der Waals surface area (Å²) < 4.78 is 5.11. The lowest BCUT2D eigenvalue weighted by molar-refractivity contribution is 0.162. The number of rotatable bonds is 6. The Bertz CT molecular complexity index is 166. The van der Waals surface area contributed by atoms with E-state index in [9.17, 15) is 0 Å². The molecular formula is C12H24ClNO. The van der Waals surface area contributed by atoms with E-state index < -0.39 is 0 Å². The van der Waals surface area contributed by atoms with Gasteiger partial charge in [0.2, 0.25) is 0 Å². The fourth-order valence-corrected chi connectivity index (χ4v) is 2.82. The number of halogens is 1. The van der Waals surface area contributed by atoms with E-state index in [1.165, 1.54) is 25.7 Å². The van der Waals surface area contributed by atoms with E-state index in [0.717, 1.165) is 30.9 Å². The van der Waals surface area contributed by atoms with Crippen LogP contribution in [0.5, 0.6) is 0 Å². The zero-order chi connectivity index (χ0) is 11.1. The van der Waals surface area contributed by atoms with Gasteiger partial charge in [-0.05, 0) is 38.1 Å². The number of methoxy groups -OCH3 is 1. The van der Waals surface area contributed by atoms with Gasteiger partial charge < -0.3 is 10.1 Å². The molecule has 0 aromatic rings. The van der Waals surface area contributed by atoms with Gasteiger partial charge in [0.15, 0.2) is 0 Å². The molecule has 0 bridgehead atoms. The average molecular weight is 234 g/mol. The Morgan fingerprint density at radius 1 is 1.33 bits per heavy atom. The molecule has 1 aliphatic rings. The number of hydrogen-bond donors (Lipinski definition) is 1. The van der Waals surface area contributed by atoms with Crippen LogP contribution in [0.1, 0.15) is 32.6 Å². The Morgan fingerprint density at radius 3 is 2.60 bits per heavy atom. The zero-order valence-corrected chi connectivity index (χ0v) is 10.7. The Morgan fingerprint density at radius 2 is 2.00 bits per heavy atom. The molecule has 1 aliphatic carbocycles. The van der Waals surface area contributed by atoms with Crippen LogP contribution < -0.4 is 5.32 Å². The zero-order valence-electron chi connectivity index (χ0n) is 9.97. The van der Waals surface area contributed by atoms with E-state index in [-0.39, 0.29) is 0 Å². The van der Waals surface area contributed by atoms with Crippen molar-refractivity contribution in [1.29, 1.82) is 0 Å². The monoisotopic (exact) mass is 233 g/mol. The summed E-state index contributed by atoms with van der Waals surface area (Å²) in [6, 6.07) is 0.452. The molecule has 0 heterocycles. The van der Waals surface area contributed by atoms with Gasteiger partial charge in [-0.15, -0.1) is 11.6 Å². The van der Waals surface area contributed by atoms with E-state index in [1.54, 1.807) is 7.11 Å². The molecule has 0 radical (unpaired) electrons. The summed E-state index contributed by atoms with van der Waals surface area (Å²) in [5.74, 6) is 2.32. The van der Waals surface area contributed by atoms with E-state index in [4.69, 9.17) is 16.3 Å². The van der Waals surface area contributed by atoms with Crippen molar-refractivity contribution in [2.75, 3.05) is 26.1 Å². The van der Waals surface area contributed by atoms with Crippen LogP contribution in [0.25, 0.3) is 0 Å². The standard InChI is InChI=1S/C12H24ClNO/c1-10(9-15-2)14-8-12-6-4-3-5-11(12)7-13/h10-12,14H,3-9H2,1-2H3. The van der Waals surface area contributed by atoms with Crippen LogP contribution in [-0.4, -0.2) is 32.2 Å². The van der Waals surface area contributed by atoms with Crippen LogP contribution in [0.3, 0.4) is 0 Å². The van der Waals surface area contributed by atoms with Crippen molar-refractivity contribution in [1.82, 2.24) is 5.32 Å². The number of alkyl halides is 1. The summed E-state index contributed by atoms with van der Waals surface area (Å²) in [5, 5.41) is 3.53. The fraction of sp³-hybridized carbons (Fsp3) is 1.00. The van der Waals surface area contributed by atoms with Crippen LogP contribution >= 0.6 is 11.6 Å². The SMILES string of the molecule is COCC(C)NCC1CCCCC1CCl. The summed E-state index contributed by atoms with van der Waals surface area (Å²) in [5.41, 5.74) is 0. The summed E-state index contributed by atoms with van der Waals surface area (Å²) in [6.07, 6.45) is 5.39. The minimum absolute atomic E-state index is 0.452. The highest BCUT2D eigenvalue weighted by Crippen LogP contribution is 2.30. The predicted molar refractivity (Wildman–Crippen MR) is 65.5 cm³/mol. The predicted octanol–water partition coefficient (Wildman–Crippen LogP) is 2.66. The van der Waals surface area contributed by atoms with Gasteiger partial charge in [-0.25, -0.2) is 0 Å². The minimum atomic E-state index is 0.452. The molecule has 0 aliphatic heterocycles. The molecule has 0 spiro atoms. The maximum atomic E-state index is 6.00. The lowest BCUT2D eigenvalue weighted by Crippen LogP contribution is -2.38. The second kappa shape index (κ2) is 7.48. The first-order chi connectivity index (χ1) is 7.27. The van der Waals surface area contributed by atoms with Gasteiger partial charge in [-0.2, -0.15) is 0 Å². The van der Waals surface area contributed by atoms with Crippen LogP contribution in [0.2, 0.25) is 0 Å². The van der Waals surface area contributed by atoms with E-state index in [0.29, 0.717) is 6.04 Å². The molecule has 2 nitrogen and oxygen atoms in total. The molecule has 1 fully saturated rings. The molecule has 90 valence electrons. The summed E-state index contributed by atoms with van der Waals surface area (Å²) in [7, 11) is 1.75. The van der Waals surface area contributed by atoms with Gasteiger partial charge in [0, 0.05) is 19.0 Å². The molecule has 15 heavy (non-hydrogen) atoms. The van der Waals surface area contributed by atoms with E-state index in [2.05, 4.69) is 12.2 Å². The number of ether oxygens (including phenoxy) is 1. The first-order valence-corrected chi connectivity index (χ1v) is 6.59. The molecule has 0 amide bonds. The van der Waals surface area contributed by atoms with Gasteiger partial charge in [0.05, 0.1) is 6.61 Å². The third kappa shape index (κ3) is 4.71. The van der Waals surface area contributed by atoms with Gasteiger partial charge in [-0.3, -0.25) is 0 Å². The van der Waals surface area contributed by atoms with Crippen molar-refractivity contribution in [2.24, 2.45) is 11.8 Å². The summed E-state index contributed by atoms with van der Waals surface area (Å²) in [6.45, 7) is 4.06. The van der Waals surface area contributed by atoms with Crippen molar-refractivity contribution in [3.8, 4) is 0 Å². The molecule has 3 atom stereocenters. The largest absolute Gasteiger partial charge is 0.383 e. The average Bonchev–Trinajstić information content (AvgIpc) is 2.27. The second-order valence-corrected chi connectivity index (χ2v) is 5.03. The van der Waals surface area contributed by atoms with Crippen LogP contribution in [-0.2, 0) is 4.74 Å². The topological polar surface area (TPSA) is 21.3 Å². The lowest BCUT2D eigenvalue weighted by atomic mass is 9.80. The van der Waals surface area contributed by atoms with Crippen molar-refractivity contribution in [2.45, 2.75) is 38.6 Å². The molecular weight excluding hydrogens is 210 g/mol. The van der Waals surface area contributed by atoms with Crippen molar-refractivity contribution >= 4 is 11.6 Å². The Kier molecular flexibility index (Phi) is 6.62. The highest BCUT2D eigenvalue weighted by Gasteiger charge is 2.24. The highest BCUT2D eigenvalue weighted by atomic mass is 35.5. The molecule has 0 aromatic carbocycles. The number of nitrogens with one attached hydrogen (secondary N) is 1. The van der Waals surface area contributed by atoms with Crippen molar-refractivity contribution in [3.05, 3.63) is 0 Å². The third-order valence-electron chi connectivity index (χ3n) is 3.41. The van der Waals surface area contributed by atoms with Gasteiger partial charge in [-0.1, -0.05) is 12.8 Å². The lowest BCUT2D eigenvalue weighted by Gasteiger charge is -2.31. The minimum Gasteiger partial charge on any atom is -0.383 e. The maximum absolute atomic E-state index is 6.00. The second-order valence-electron chi connectivity index (χ2n) is 4.72. The van der Waals surface area contributed by atoms with E-state index >= 15 is 0 Å². The molecule has 1 rings (SSSR count). The molecule has 3 heteroatoms. The first kappa shape index (κ1) is 13.3. The normalized spacial score (nSPS) is 29.0. The van der Waals surface area contributed by atoms with Crippen molar-refractivity contribution in [3.63, 3.8) is 0 Å². The van der Waals surface area contributed by atoms with Gasteiger partial charge in [0.1, 0.15) is 0 Å². The van der Waals surface area contributed by atoms with Crippen molar-refractivity contribution < 1.29 is 4.74 Å². The molecule has 0 aromatic heterocycles. The number of hydrogen-bond acceptors (Lipinski definition) is 2. The first-order valence-electron chi connectivity index (χ1n) is 6.06. The molecule has 3 unspecified atom stereocenters. The fourth-order valence-electron chi connectivity index (χ4n) is 2.42. The summed E-state index contributed by atoms with van der Waals surface area (Å²) >= 11 is 6.00. The highest BCUT2D eigenvalue weighted by molar-refractivity contribution is 6.18. The maximum Gasteiger partial charge on any atom is 0.0613 e. The third-order valence-corrected chi connectivity index (χ3v) is 3.81. The van der Waals surface area contributed by atoms with Gasteiger partial charge >= 0.3 is 0 Å². The smallest absolute Gasteiger partial charge is 0.0613 e. The van der Waals surface area contributed by atoms with Crippen LogP contribution in [0.4, 0.5) is 0 Å². The Labute approximate surface area is 98.7 Å². The quantitative estimate of drug-likeness (QED) is 0.713. The molecule has 1 N–H and O–H groups in total. The van der Waals surface area contributed by atoms with Gasteiger partial charge in [0.25, 0.3) is 0 Å². The van der Waals surface area contributed by atoms with E-state index in [1.807, 2.05) is 0 Å². The summed E-state index contributed by atoms with van der Waals surface area (Å²) in [4.78, 5) is 0. The molecule has 0 saturated heterocycles. The van der Waals surface area contributed by atoms with Crippen LogP contribution in [0, 0.1) is 11.8 Å². The molecule has 1 saturated carbocycles. The Balaban J connectivity index is 2.22.